The first-order valence-electron chi connectivity index (χ1n) is 6.31. The molecule has 5 nitrogen and oxygen atoms in total. The van der Waals surface area contributed by atoms with Gasteiger partial charge in [0.25, 0.3) is 0 Å². The van der Waals surface area contributed by atoms with Crippen LogP contribution in [-0.4, -0.2) is 29.9 Å². The summed E-state index contributed by atoms with van der Waals surface area (Å²) in [6.07, 6.45) is 0.340. The van der Waals surface area contributed by atoms with Crippen molar-refractivity contribution in [3.8, 4) is 6.07 Å². The number of halogens is 1. The molecule has 0 aliphatic rings. The number of nitrogens with zero attached hydrogens (tertiary/aromatic N) is 2. The molecule has 0 saturated carbocycles. The SMILES string of the molecule is CC(CC#N)N(C)C(C)C(=O)Nc1ccc(F)cc1N. The molecule has 0 heterocycles. The van der Waals surface area contributed by atoms with Gasteiger partial charge in [0.1, 0.15) is 5.82 Å². The zero-order chi connectivity index (χ0) is 15.3. The maximum absolute atomic E-state index is 12.9. The Morgan fingerprint density at radius 2 is 2.20 bits per heavy atom. The van der Waals surface area contributed by atoms with Gasteiger partial charge in [-0.3, -0.25) is 9.69 Å². The lowest BCUT2D eigenvalue weighted by molar-refractivity contribution is -0.120. The number of carbonyl (C=O) groups excluding carboxylic acids is 1. The van der Waals surface area contributed by atoms with E-state index in [1.807, 2.05) is 6.92 Å². The molecule has 1 aromatic carbocycles. The summed E-state index contributed by atoms with van der Waals surface area (Å²) in [5.41, 5.74) is 6.20. The number of hydrogen-bond donors (Lipinski definition) is 2. The van der Waals surface area contributed by atoms with E-state index in [4.69, 9.17) is 11.0 Å². The number of nitrogens with two attached hydrogens (primary N) is 1. The Bertz CT molecular complexity index is 526. The van der Waals surface area contributed by atoms with Crippen molar-refractivity contribution in [2.75, 3.05) is 18.1 Å². The molecule has 108 valence electrons. The molecule has 3 N–H and O–H groups in total. The minimum absolute atomic E-state index is 0.0358. The number of nitrogen functional groups attached to an aromatic ring is 1. The highest BCUT2D eigenvalue weighted by Crippen LogP contribution is 2.19. The first-order valence-corrected chi connectivity index (χ1v) is 6.31. The number of likely N-dealkylation sites (N-methyl/N-ethyl adjacent to an activating group) is 1. The standard InChI is InChI=1S/C14H19FN4O/c1-9(6-7-16)19(3)10(2)14(20)18-13-5-4-11(15)8-12(13)17/h4-5,8-10H,6,17H2,1-3H3,(H,18,20). The fourth-order valence-electron chi connectivity index (χ4n) is 1.73. The van der Waals surface area contributed by atoms with E-state index < -0.39 is 11.9 Å². The number of nitriles is 1. The van der Waals surface area contributed by atoms with Gasteiger partial charge in [0.2, 0.25) is 5.91 Å². The zero-order valence-electron chi connectivity index (χ0n) is 11.9. The van der Waals surface area contributed by atoms with E-state index in [-0.39, 0.29) is 17.6 Å². The third-order valence-corrected chi connectivity index (χ3v) is 3.34. The second-order valence-corrected chi connectivity index (χ2v) is 4.77. The molecule has 0 bridgehead atoms. The monoisotopic (exact) mass is 278 g/mol. The highest BCUT2D eigenvalue weighted by atomic mass is 19.1. The van der Waals surface area contributed by atoms with Crippen molar-refractivity contribution in [1.82, 2.24) is 4.90 Å². The molecule has 2 atom stereocenters. The largest absolute Gasteiger partial charge is 0.397 e. The van der Waals surface area contributed by atoms with Gasteiger partial charge < -0.3 is 11.1 Å². The molecule has 20 heavy (non-hydrogen) atoms. The van der Waals surface area contributed by atoms with Crippen LogP contribution in [0.1, 0.15) is 20.3 Å². The van der Waals surface area contributed by atoms with Gasteiger partial charge in [-0.05, 0) is 39.1 Å². The maximum Gasteiger partial charge on any atom is 0.241 e. The first kappa shape index (κ1) is 15.9. The smallest absolute Gasteiger partial charge is 0.241 e. The molecule has 0 saturated heterocycles. The summed E-state index contributed by atoms with van der Waals surface area (Å²) in [7, 11) is 1.78. The van der Waals surface area contributed by atoms with E-state index in [2.05, 4.69) is 11.4 Å². The van der Waals surface area contributed by atoms with Crippen molar-refractivity contribution in [1.29, 1.82) is 5.26 Å². The zero-order valence-corrected chi connectivity index (χ0v) is 11.9. The highest BCUT2D eigenvalue weighted by Gasteiger charge is 2.22. The van der Waals surface area contributed by atoms with Crippen LogP contribution in [0, 0.1) is 17.1 Å². The summed E-state index contributed by atoms with van der Waals surface area (Å²) < 4.78 is 12.9. The van der Waals surface area contributed by atoms with E-state index in [0.29, 0.717) is 12.1 Å². The topological polar surface area (TPSA) is 82.2 Å². The second kappa shape index (κ2) is 6.87. The second-order valence-electron chi connectivity index (χ2n) is 4.77. The summed E-state index contributed by atoms with van der Waals surface area (Å²) in [4.78, 5) is 13.9. The molecule has 0 aromatic heterocycles. The summed E-state index contributed by atoms with van der Waals surface area (Å²) in [5.74, 6) is -0.705. The number of anilines is 2. The Balaban J connectivity index is 2.73. The molecule has 0 radical (unpaired) electrons. The molecule has 0 aliphatic heterocycles. The van der Waals surface area contributed by atoms with Gasteiger partial charge in [-0.1, -0.05) is 0 Å². The molecule has 2 unspecified atom stereocenters. The van der Waals surface area contributed by atoms with Crippen LogP contribution in [0.4, 0.5) is 15.8 Å². The Morgan fingerprint density at radius 3 is 2.75 bits per heavy atom. The summed E-state index contributed by atoms with van der Waals surface area (Å²) >= 11 is 0. The molecular formula is C14H19FN4O. The minimum Gasteiger partial charge on any atom is -0.397 e. The average molecular weight is 278 g/mol. The van der Waals surface area contributed by atoms with Crippen LogP contribution in [0.5, 0.6) is 0 Å². The van der Waals surface area contributed by atoms with Crippen molar-refractivity contribution in [2.24, 2.45) is 0 Å². The Hall–Kier alpha value is -2.13. The van der Waals surface area contributed by atoms with Crippen molar-refractivity contribution >= 4 is 17.3 Å². The predicted octanol–water partition coefficient (Wildman–Crippen LogP) is 1.97. The van der Waals surface area contributed by atoms with Crippen LogP contribution in [0.15, 0.2) is 18.2 Å². The van der Waals surface area contributed by atoms with Gasteiger partial charge in [-0.2, -0.15) is 5.26 Å². The lowest BCUT2D eigenvalue weighted by atomic mass is 10.1. The average Bonchev–Trinajstić information content (AvgIpc) is 2.40. The molecule has 0 spiro atoms. The number of hydrogen-bond acceptors (Lipinski definition) is 4. The predicted molar refractivity (Wildman–Crippen MR) is 76.4 cm³/mol. The third-order valence-electron chi connectivity index (χ3n) is 3.34. The van der Waals surface area contributed by atoms with Gasteiger partial charge in [-0.25, -0.2) is 4.39 Å². The fourth-order valence-corrected chi connectivity index (χ4v) is 1.73. The lowest BCUT2D eigenvalue weighted by Gasteiger charge is -2.28. The number of carbonyl (C=O) groups is 1. The van der Waals surface area contributed by atoms with Crippen molar-refractivity contribution in [2.45, 2.75) is 32.4 Å². The van der Waals surface area contributed by atoms with Crippen molar-refractivity contribution < 1.29 is 9.18 Å². The van der Waals surface area contributed by atoms with Gasteiger partial charge in [0.15, 0.2) is 0 Å². The number of benzene rings is 1. The molecule has 1 amide bonds. The van der Waals surface area contributed by atoms with Crippen LogP contribution in [0.3, 0.4) is 0 Å². The number of rotatable bonds is 5. The molecule has 0 aliphatic carbocycles. The fraction of sp³-hybridized carbons (Fsp3) is 0.429. The number of amides is 1. The summed E-state index contributed by atoms with van der Waals surface area (Å²) in [6.45, 7) is 3.61. The summed E-state index contributed by atoms with van der Waals surface area (Å²) in [5, 5.41) is 11.3. The minimum atomic E-state index is -0.451. The van der Waals surface area contributed by atoms with Gasteiger partial charge in [0, 0.05) is 6.04 Å². The number of nitrogens with one attached hydrogen (secondary N) is 1. The van der Waals surface area contributed by atoms with Gasteiger partial charge >= 0.3 is 0 Å². The van der Waals surface area contributed by atoms with E-state index in [9.17, 15) is 9.18 Å². The summed E-state index contributed by atoms with van der Waals surface area (Å²) in [6, 6.07) is 5.42. The van der Waals surface area contributed by atoms with E-state index in [1.165, 1.54) is 12.1 Å². The van der Waals surface area contributed by atoms with Gasteiger partial charge in [0.05, 0.1) is 29.9 Å². The van der Waals surface area contributed by atoms with Crippen molar-refractivity contribution in [3.05, 3.63) is 24.0 Å². The Kier molecular flexibility index (Phi) is 5.47. The first-order chi connectivity index (χ1) is 9.36. The third kappa shape index (κ3) is 3.93. The van der Waals surface area contributed by atoms with Crippen LogP contribution in [-0.2, 0) is 4.79 Å². The molecular weight excluding hydrogens is 259 g/mol. The van der Waals surface area contributed by atoms with E-state index in [0.717, 1.165) is 6.07 Å². The van der Waals surface area contributed by atoms with Crippen LogP contribution in [0.25, 0.3) is 0 Å². The normalized spacial score (nSPS) is 13.6. The maximum atomic E-state index is 12.9. The highest BCUT2D eigenvalue weighted by molar-refractivity contribution is 5.97. The quantitative estimate of drug-likeness (QED) is 0.807. The lowest BCUT2D eigenvalue weighted by Crippen LogP contribution is -2.44. The van der Waals surface area contributed by atoms with E-state index >= 15 is 0 Å². The molecule has 0 fully saturated rings. The van der Waals surface area contributed by atoms with Crippen LogP contribution < -0.4 is 11.1 Å². The van der Waals surface area contributed by atoms with Crippen molar-refractivity contribution in [3.63, 3.8) is 0 Å². The van der Waals surface area contributed by atoms with E-state index in [1.54, 1.807) is 18.9 Å². The Morgan fingerprint density at radius 1 is 1.55 bits per heavy atom. The van der Waals surface area contributed by atoms with Crippen LogP contribution >= 0.6 is 0 Å². The molecule has 6 heteroatoms. The van der Waals surface area contributed by atoms with Gasteiger partial charge in [-0.15, -0.1) is 0 Å². The molecule has 1 rings (SSSR count). The Labute approximate surface area is 118 Å². The van der Waals surface area contributed by atoms with Crippen LogP contribution in [0.2, 0.25) is 0 Å². The molecule has 1 aromatic rings.